The van der Waals surface area contributed by atoms with Crippen LogP contribution in [0.1, 0.15) is 19.3 Å². The van der Waals surface area contributed by atoms with Crippen LogP contribution in [0.2, 0.25) is 10.0 Å². The first-order valence-corrected chi connectivity index (χ1v) is 8.05. The number of carbonyl (C=O) groups is 3. The number of nitrogens with zero attached hydrogens (tertiary/aromatic N) is 1. The molecule has 0 atom stereocenters. The van der Waals surface area contributed by atoms with Gasteiger partial charge in [-0.25, -0.2) is 0 Å². The lowest BCUT2D eigenvalue weighted by atomic mass is 10.3. The van der Waals surface area contributed by atoms with E-state index in [1.807, 2.05) is 0 Å². The molecular formula is C15H17Cl2N3O3. The maximum Gasteiger partial charge on any atom is 0.313 e. The highest BCUT2D eigenvalue weighted by Crippen LogP contribution is 2.25. The quantitative estimate of drug-likeness (QED) is 0.625. The molecule has 0 spiro atoms. The third kappa shape index (κ3) is 5.11. The number of anilines is 1. The van der Waals surface area contributed by atoms with E-state index in [1.165, 1.54) is 12.1 Å². The summed E-state index contributed by atoms with van der Waals surface area (Å²) in [5.41, 5.74) is 0.280. The Morgan fingerprint density at radius 1 is 1.22 bits per heavy atom. The number of rotatable bonds is 5. The Morgan fingerprint density at radius 3 is 2.70 bits per heavy atom. The Hall–Kier alpha value is -1.79. The molecule has 0 saturated carbocycles. The van der Waals surface area contributed by atoms with Crippen LogP contribution in [0.15, 0.2) is 18.2 Å². The lowest BCUT2D eigenvalue weighted by molar-refractivity contribution is -0.136. The zero-order chi connectivity index (χ0) is 16.8. The van der Waals surface area contributed by atoms with Gasteiger partial charge in [0.2, 0.25) is 5.91 Å². The molecule has 23 heavy (non-hydrogen) atoms. The average Bonchev–Trinajstić information content (AvgIpc) is 2.92. The van der Waals surface area contributed by atoms with Gasteiger partial charge in [0.1, 0.15) is 0 Å². The second-order valence-electron chi connectivity index (χ2n) is 5.17. The van der Waals surface area contributed by atoms with Crippen LogP contribution in [0.3, 0.4) is 0 Å². The molecule has 3 amide bonds. The number of carbonyl (C=O) groups excluding carboxylic acids is 3. The number of likely N-dealkylation sites (tertiary alicyclic amines) is 1. The summed E-state index contributed by atoms with van der Waals surface area (Å²) in [5, 5.41) is 5.62. The molecule has 2 N–H and O–H groups in total. The molecule has 1 aliphatic heterocycles. The normalized spacial score (nSPS) is 14.0. The summed E-state index contributed by atoms with van der Waals surface area (Å²) >= 11 is 11.7. The molecule has 124 valence electrons. The van der Waals surface area contributed by atoms with Gasteiger partial charge in [0.25, 0.3) is 0 Å². The van der Waals surface area contributed by atoms with Crippen molar-refractivity contribution in [1.82, 2.24) is 10.2 Å². The van der Waals surface area contributed by atoms with E-state index in [0.717, 1.165) is 13.0 Å². The largest absolute Gasteiger partial charge is 0.348 e. The van der Waals surface area contributed by atoms with E-state index in [-0.39, 0.29) is 11.6 Å². The number of halogens is 2. The van der Waals surface area contributed by atoms with Gasteiger partial charge in [0.15, 0.2) is 0 Å². The molecule has 2 rings (SSSR count). The first-order valence-electron chi connectivity index (χ1n) is 7.29. The van der Waals surface area contributed by atoms with Gasteiger partial charge in [-0.15, -0.1) is 0 Å². The van der Waals surface area contributed by atoms with E-state index in [9.17, 15) is 14.4 Å². The first-order chi connectivity index (χ1) is 11.0. The van der Waals surface area contributed by atoms with Crippen molar-refractivity contribution in [2.45, 2.75) is 19.3 Å². The van der Waals surface area contributed by atoms with Gasteiger partial charge in [-0.1, -0.05) is 23.2 Å². The highest BCUT2D eigenvalue weighted by Gasteiger charge is 2.19. The van der Waals surface area contributed by atoms with Gasteiger partial charge in [0.05, 0.1) is 10.7 Å². The summed E-state index contributed by atoms with van der Waals surface area (Å²) in [6, 6.07) is 4.58. The van der Waals surface area contributed by atoms with Crippen LogP contribution in [-0.2, 0) is 14.4 Å². The third-order valence-electron chi connectivity index (χ3n) is 3.44. The summed E-state index contributed by atoms with van der Waals surface area (Å²) in [6.45, 7) is 1.67. The molecule has 0 aromatic heterocycles. The van der Waals surface area contributed by atoms with Crippen LogP contribution >= 0.6 is 23.2 Å². The molecule has 1 fully saturated rings. The van der Waals surface area contributed by atoms with Crippen molar-refractivity contribution >= 4 is 46.6 Å². The Balaban J connectivity index is 1.73. The molecule has 0 aliphatic carbocycles. The molecule has 1 saturated heterocycles. The smallest absolute Gasteiger partial charge is 0.313 e. The number of hydrogen-bond acceptors (Lipinski definition) is 3. The van der Waals surface area contributed by atoms with E-state index in [0.29, 0.717) is 36.0 Å². The van der Waals surface area contributed by atoms with Crippen molar-refractivity contribution in [3.8, 4) is 0 Å². The molecule has 8 heteroatoms. The highest BCUT2D eigenvalue weighted by atomic mass is 35.5. The van der Waals surface area contributed by atoms with Gasteiger partial charge in [-0.3, -0.25) is 14.4 Å². The monoisotopic (exact) mass is 357 g/mol. The van der Waals surface area contributed by atoms with E-state index < -0.39 is 11.8 Å². The lowest BCUT2D eigenvalue weighted by Crippen LogP contribution is -2.37. The molecule has 1 aromatic rings. The van der Waals surface area contributed by atoms with Crippen LogP contribution in [0.25, 0.3) is 0 Å². The van der Waals surface area contributed by atoms with E-state index in [2.05, 4.69) is 10.6 Å². The van der Waals surface area contributed by atoms with Crippen LogP contribution in [-0.4, -0.2) is 42.3 Å². The minimum Gasteiger partial charge on any atom is -0.348 e. The summed E-state index contributed by atoms with van der Waals surface area (Å²) in [6.07, 6.45) is 2.08. The SMILES string of the molecule is O=C(NCCCN1CCCC1=O)C(=O)Nc1cc(Cl)ccc1Cl. The van der Waals surface area contributed by atoms with Gasteiger partial charge in [0, 0.05) is 31.1 Å². The fourth-order valence-corrected chi connectivity index (χ4v) is 2.60. The molecule has 6 nitrogen and oxygen atoms in total. The summed E-state index contributed by atoms with van der Waals surface area (Å²) in [7, 11) is 0. The van der Waals surface area contributed by atoms with Gasteiger partial charge < -0.3 is 15.5 Å². The number of amides is 3. The molecule has 0 unspecified atom stereocenters. The second kappa shape index (κ2) is 8.17. The zero-order valence-electron chi connectivity index (χ0n) is 12.4. The predicted molar refractivity (Wildman–Crippen MR) is 88.5 cm³/mol. The van der Waals surface area contributed by atoms with Crippen LogP contribution < -0.4 is 10.6 Å². The number of hydrogen-bond donors (Lipinski definition) is 2. The van der Waals surface area contributed by atoms with Crippen LogP contribution in [0.5, 0.6) is 0 Å². The number of nitrogens with one attached hydrogen (secondary N) is 2. The van der Waals surface area contributed by atoms with Gasteiger partial charge in [-0.2, -0.15) is 0 Å². The van der Waals surface area contributed by atoms with Crippen molar-refractivity contribution in [1.29, 1.82) is 0 Å². The molecule has 1 aliphatic rings. The maximum absolute atomic E-state index is 11.8. The molecule has 1 aromatic carbocycles. The molecular weight excluding hydrogens is 341 g/mol. The van der Waals surface area contributed by atoms with Crippen molar-refractivity contribution < 1.29 is 14.4 Å². The molecule has 0 bridgehead atoms. The average molecular weight is 358 g/mol. The Morgan fingerprint density at radius 2 is 2.00 bits per heavy atom. The van der Waals surface area contributed by atoms with Crippen LogP contribution in [0.4, 0.5) is 5.69 Å². The maximum atomic E-state index is 11.8. The number of benzene rings is 1. The van der Waals surface area contributed by atoms with Crippen molar-refractivity contribution in [3.05, 3.63) is 28.2 Å². The fraction of sp³-hybridized carbons (Fsp3) is 0.400. The molecule has 0 radical (unpaired) electrons. The Kier molecular flexibility index (Phi) is 6.24. The van der Waals surface area contributed by atoms with Crippen LogP contribution in [0, 0.1) is 0 Å². The fourth-order valence-electron chi connectivity index (χ4n) is 2.26. The lowest BCUT2D eigenvalue weighted by Gasteiger charge is -2.15. The van der Waals surface area contributed by atoms with E-state index >= 15 is 0 Å². The van der Waals surface area contributed by atoms with Gasteiger partial charge in [-0.05, 0) is 31.0 Å². The van der Waals surface area contributed by atoms with E-state index in [1.54, 1.807) is 11.0 Å². The Labute approximate surface area is 144 Å². The zero-order valence-corrected chi connectivity index (χ0v) is 13.9. The summed E-state index contributed by atoms with van der Waals surface area (Å²) < 4.78 is 0. The minimum absolute atomic E-state index is 0.143. The predicted octanol–water partition coefficient (Wildman–Crippen LogP) is 2.06. The van der Waals surface area contributed by atoms with Crippen molar-refractivity contribution in [2.75, 3.05) is 25.0 Å². The summed E-state index contributed by atoms with van der Waals surface area (Å²) in [5.74, 6) is -1.43. The van der Waals surface area contributed by atoms with E-state index in [4.69, 9.17) is 23.2 Å². The topological polar surface area (TPSA) is 78.5 Å². The van der Waals surface area contributed by atoms with Crippen molar-refractivity contribution in [2.24, 2.45) is 0 Å². The third-order valence-corrected chi connectivity index (χ3v) is 4.01. The van der Waals surface area contributed by atoms with Crippen molar-refractivity contribution in [3.63, 3.8) is 0 Å². The minimum atomic E-state index is -0.814. The standard InChI is InChI=1S/C15H17Cl2N3O3/c16-10-4-5-11(17)12(9-10)19-15(23)14(22)18-6-2-8-20-7-1-3-13(20)21/h4-5,9H,1-3,6-8H2,(H,18,22)(H,19,23). The highest BCUT2D eigenvalue weighted by molar-refractivity contribution is 6.42. The summed E-state index contributed by atoms with van der Waals surface area (Å²) in [4.78, 5) is 36.7. The Bertz CT molecular complexity index is 622. The molecule has 1 heterocycles. The second-order valence-corrected chi connectivity index (χ2v) is 6.02. The van der Waals surface area contributed by atoms with Gasteiger partial charge >= 0.3 is 11.8 Å². The first kappa shape index (κ1) is 17.6.